The van der Waals surface area contributed by atoms with E-state index in [4.69, 9.17) is 21.1 Å². The van der Waals surface area contributed by atoms with E-state index in [2.05, 4.69) is 15.3 Å². The highest BCUT2D eigenvalue weighted by Gasteiger charge is 2.16. The van der Waals surface area contributed by atoms with Crippen LogP contribution in [-0.2, 0) is 4.79 Å². The van der Waals surface area contributed by atoms with Crippen LogP contribution in [0.15, 0.2) is 66.7 Å². The number of ether oxygens (including phenoxy) is 2. The van der Waals surface area contributed by atoms with Gasteiger partial charge in [-0.05, 0) is 37.3 Å². The molecule has 0 saturated carbocycles. The fourth-order valence-electron chi connectivity index (χ4n) is 3.04. The third-order valence-corrected chi connectivity index (χ3v) is 4.71. The summed E-state index contributed by atoms with van der Waals surface area (Å²) in [6.45, 7) is 2.14. The molecule has 0 fully saturated rings. The van der Waals surface area contributed by atoms with Crippen LogP contribution in [0.25, 0.3) is 22.4 Å². The number of hydrogen-bond acceptors (Lipinski definition) is 4. The highest BCUT2D eigenvalue weighted by molar-refractivity contribution is 6.33. The molecule has 152 valence electrons. The van der Waals surface area contributed by atoms with E-state index in [-0.39, 0.29) is 12.5 Å². The first-order valence-corrected chi connectivity index (χ1v) is 9.91. The zero-order valence-electron chi connectivity index (χ0n) is 16.3. The Kier molecular flexibility index (Phi) is 5.86. The molecule has 1 aromatic heterocycles. The number of H-pyrrole nitrogens is 1. The zero-order valence-corrected chi connectivity index (χ0v) is 17.1. The third-order valence-electron chi connectivity index (χ3n) is 4.39. The summed E-state index contributed by atoms with van der Waals surface area (Å²) in [4.78, 5) is 20.1. The number of carbonyl (C=O) groups is 1. The lowest BCUT2D eigenvalue weighted by Gasteiger charge is -2.14. The van der Waals surface area contributed by atoms with Crippen LogP contribution in [0.3, 0.4) is 0 Å². The Morgan fingerprint density at radius 3 is 2.53 bits per heavy atom. The van der Waals surface area contributed by atoms with E-state index < -0.39 is 0 Å². The monoisotopic (exact) mass is 421 g/mol. The molecule has 0 unspecified atom stereocenters. The molecule has 1 heterocycles. The van der Waals surface area contributed by atoms with Crippen molar-refractivity contribution in [2.45, 2.75) is 6.92 Å². The van der Waals surface area contributed by atoms with Crippen LogP contribution in [0, 0.1) is 0 Å². The van der Waals surface area contributed by atoms with Crippen molar-refractivity contribution in [2.75, 3.05) is 18.5 Å². The summed E-state index contributed by atoms with van der Waals surface area (Å²) in [6, 6.07) is 20.4. The lowest BCUT2D eigenvalue weighted by Crippen LogP contribution is -2.20. The van der Waals surface area contributed by atoms with Gasteiger partial charge in [-0.15, -0.1) is 0 Å². The summed E-state index contributed by atoms with van der Waals surface area (Å²) in [5.41, 5.74) is 3.16. The first kappa shape index (κ1) is 19.8. The van der Waals surface area contributed by atoms with Gasteiger partial charge in [-0.25, -0.2) is 4.98 Å². The predicted octanol–water partition coefficient (Wildman–Crippen LogP) is 5.30. The molecule has 0 bridgehead atoms. The molecule has 0 radical (unpaired) electrons. The van der Waals surface area contributed by atoms with Gasteiger partial charge in [0.25, 0.3) is 5.91 Å². The first-order chi connectivity index (χ1) is 14.6. The van der Waals surface area contributed by atoms with Gasteiger partial charge in [0.15, 0.2) is 18.1 Å². The molecule has 0 spiro atoms. The van der Waals surface area contributed by atoms with Crippen LogP contribution in [0.4, 0.5) is 5.69 Å². The Bertz CT molecular complexity index is 1140. The standard InChI is InChI=1S/C23H20ClN3O3/c1-2-29-20-12-16(23-26-18-10-6-7-11-19(18)27-23)17(24)13-21(20)30-14-22(28)25-15-8-4-3-5-9-15/h3-13H,2,14H2,1H3,(H,25,28)(H,26,27). The highest BCUT2D eigenvalue weighted by atomic mass is 35.5. The van der Waals surface area contributed by atoms with E-state index in [0.717, 1.165) is 11.0 Å². The molecule has 2 N–H and O–H groups in total. The van der Waals surface area contributed by atoms with Gasteiger partial charge in [-0.3, -0.25) is 4.79 Å². The number of amides is 1. The maximum atomic E-state index is 12.2. The minimum atomic E-state index is -0.277. The van der Waals surface area contributed by atoms with Crippen molar-refractivity contribution in [2.24, 2.45) is 0 Å². The molecule has 0 atom stereocenters. The number of aromatic nitrogens is 2. The number of imidazole rings is 1. The van der Waals surface area contributed by atoms with Crippen LogP contribution in [0.5, 0.6) is 11.5 Å². The normalized spacial score (nSPS) is 10.7. The lowest BCUT2D eigenvalue weighted by atomic mass is 10.2. The van der Waals surface area contributed by atoms with Crippen LogP contribution in [-0.4, -0.2) is 29.1 Å². The van der Waals surface area contributed by atoms with Gasteiger partial charge in [0, 0.05) is 17.3 Å². The molecule has 3 aromatic carbocycles. The Hall–Kier alpha value is -3.51. The van der Waals surface area contributed by atoms with E-state index in [1.807, 2.05) is 61.5 Å². The molecule has 6 nitrogen and oxygen atoms in total. The first-order valence-electron chi connectivity index (χ1n) is 9.53. The third kappa shape index (κ3) is 4.39. The summed E-state index contributed by atoms with van der Waals surface area (Å²) < 4.78 is 11.4. The van der Waals surface area contributed by atoms with Gasteiger partial charge < -0.3 is 19.8 Å². The number of nitrogens with zero attached hydrogens (tertiary/aromatic N) is 1. The molecule has 4 aromatic rings. The average molecular weight is 422 g/mol. The predicted molar refractivity (Wildman–Crippen MR) is 118 cm³/mol. The number of halogens is 1. The van der Waals surface area contributed by atoms with Crippen molar-refractivity contribution in [1.29, 1.82) is 0 Å². The molecule has 4 rings (SSSR count). The molecule has 7 heteroatoms. The van der Waals surface area contributed by atoms with Crippen LogP contribution in [0.1, 0.15) is 6.92 Å². The second-order valence-corrected chi connectivity index (χ2v) is 6.92. The summed E-state index contributed by atoms with van der Waals surface area (Å²) >= 11 is 6.51. The number of benzene rings is 3. The number of hydrogen-bond donors (Lipinski definition) is 2. The minimum absolute atomic E-state index is 0.171. The van der Waals surface area contributed by atoms with E-state index in [1.165, 1.54) is 0 Å². The van der Waals surface area contributed by atoms with E-state index in [0.29, 0.717) is 40.2 Å². The fourth-order valence-corrected chi connectivity index (χ4v) is 3.28. The maximum absolute atomic E-state index is 12.2. The van der Waals surface area contributed by atoms with E-state index >= 15 is 0 Å². The molecule has 1 amide bonds. The van der Waals surface area contributed by atoms with Gasteiger partial charge in [-0.2, -0.15) is 0 Å². The van der Waals surface area contributed by atoms with Crippen molar-refractivity contribution in [3.05, 3.63) is 71.8 Å². The van der Waals surface area contributed by atoms with Crippen molar-refractivity contribution in [1.82, 2.24) is 9.97 Å². The summed E-state index contributed by atoms with van der Waals surface area (Å²) in [5, 5.41) is 3.22. The van der Waals surface area contributed by atoms with Crippen LogP contribution < -0.4 is 14.8 Å². The van der Waals surface area contributed by atoms with Gasteiger partial charge >= 0.3 is 0 Å². The van der Waals surface area contributed by atoms with Crippen molar-refractivity contribution in [3.63, 3.8) is 0 Å². The van der Waals surface area contributed by atoms with E-state index in [9.17, 15) is 4.79 Å². The minimum Gasteiger partial charge on any atom is -0.490 e. The Morgan fingerprint density at radius 1 is 1.03 bits per heavy atom. The number of para-hydroxylation sites is 3. The number of rotatable bonds is 7. The molecule has 0 saturated heterocycles. The van der Waals surface area contributed by atoms with Crippen LogP contribution >= 0.6 is 11.6 Å². The molecule has 0 aliphatic heterocycles. The summed E-state index contributed by atoms with van der Waals surface area (Å²) in [7, 11) is 0. The SMILES string of the molecule is CCOc1cc(-c2nc3ccccc3[nH]2)c(Cl)cc1OCC(=O)Nc1ccccc1. The Balaban J connectivity index is 1.56. The molecule has 0 aliphatic carbocycles. The van der Waals surface area contributed by atoms with Gasteiger partial charge in [0.05, 0.1) is 22.7 Å². The largest absolute Gasteiger partial charge is 0.490 e. The fraction of sp³-hybridized carbons (Fsp3) is 0.130. The van der Waals surface area contributed by atoms with Crippen molar-refractivity contribution >= 4 is 34.2 Å². The number of carbonyl (C=O) groups excluding carboxylic acids is 1. The smallest absolute Gasteiger partial charge is 0.262 e. The maximum Gasteiger partial charge on any atom is 0.262 e. The molecular formula is C23H20ClN3O3. The highest BCUT2D eigenvalue weighted by Crippen LogP contribution is 2.38. The number of fused-ring (bicyclic) bond motifs is 1. The Morgan fingerprint density at radius 2 is 1.77 bits per heavy atom. The number of aromatic amines is 1. The number of nitrogens with one attached hydrogen (secondary N) is 2. The summed E-state index contributed by atoms with van der Waals surface area (Å²) in [5.74, 6) is 1.24. The zero-order chi connectivity index (χ0) is 20.9. The quantitative estimate of drug-likeness (QED) is 0.424. The number of anilines is 1. The second kappa shape index (κ2) is 8.88. The second-order valence-electron chi connectivity index (χ2n) is 6.52. The van der Waals surface area contributed by atoms with Gasteiger partial charge in [0.2, 0.25) is 0 Å². The van der Waals surface area contributed by atoms with E-state index in [1.54, 1.807) is 12.1 Å². The summed E-state index contributed by atoms with van der Waals surface area (Å²) in [6.07, 6.45) is 0. The molecule has 0 aliphatic rings. The lowest BCUT2D eigenvalue weighted by molar-refractivity contribution is -0.118. The Labute approximate surface area is 178 Å². The topological polar surface area (TPSA) is 76.2 Å². The van der Waals surface area contributed by atoms with Gasteiger partial charge in [-0.1, -0.05) is 41.9 Å². The van der Waals surface area contributed by atoms with Crippen LogP contribution in [0.2, 0.25) is 5.02 Å². The van der Waals surface area contributed by atoms with Gasteiger partial charge in [0.1, 0.15) is 5.82 Å². The molecule has 30 heavy (non-hydrogen) atoms. The van der Waals surface area contributed by atoms with Crippen molar-refractivity contribution < 1.29 is 14.3 Å². The molecular weight excluding hydrogens is 402 g/mol. The van der Waals surface area contributed by atoms with Crippen molar-refractivity contribution in [3.8, 4) is 22.9 Å². The average Bonchev–Trinajstić information content (AvgIpc) is 3.18.